The lowest BCUT2D eigenvalue weighted by atomic mass is 10.1. The summed E-state index contributed by atoms with van der Waals surface area (Å²) < 4.78 is 23.9. The number of carbonyl (C=O) groups excluding carboxylic acids is 2. The predicted molar refractivity (Wildman–Crippen MR) is 110 cm³/mol. The summed E-state index contributed by atoms with van der Waals surface area (Å²) in [4.78, 5) is 25.8. The zero-order valence-electron chi connectivity index (χ0n) is 16.5. The third kappa shape index (κ3) is 4.75. The molecule has 2 N–H and O–H groups in total. The highest BCUT2D eigenvalue weighted by molar-refractivity contribution is 5.99. The van der Waals surface area contributed by atoms with Gasteiger partial charge in [0.1, 0.15) is 23.5 Å². The zero-order valence-corrected chi connectivity index (χ0v) is 16.5. The van der Waals surface area contributed by atoms with E-state index in [9.17, 15) is 14.0 Å². The molecule has 0 aliphatic rings. The molecular formula is C23H21FN2O4. The van der Waals surface area contributed by atoms with Gasteiger partial charge in [0.2, 0.25) is 0 Å². The number of halogens is 1. The van der Waals surface area contributed by atoms with Gasteiger partial charge in [0.15, 0.2) is 0 Å². The van der Waals surface area contributed by atoms with E-state index in [1.807, 2.05) is 0 Å². The highest BCUT2D eigenvalue weighted by Crippen LogP contribution is 2.21. The lowest BCUT2D eigenvalue weighted by molar-refractivity contribution is 0.0880. The smallest absolute Gasteiger partial charge is 0.256 e. The second kappa shape index (κ2) is 9.56. The Morgan fingerprint density at radius 1 is 0.733 bits per heavy atom. The SMILES string of the molecule is COc1ccccc1C(=O)NC(NC(=O)c1ccccc1OC)c1ccc(F)cc1. The van der Waals surface area contributed by atoms with Gasteiger partial charge in [-0.2, -0.15) is 0 Å². The number of nitrogens with one attached hydrogen (secondary N) is 2. The quantitative estimate of drug-likeness (QED) is 0.585. The van der Waals surface area contributed by atoms with Gasteiger partial charge in [-0.1, -0.05) is 36.4 Å². The highest BCUT2D eigenvalue weighted by atomic mass is 19.1. The monoisotopic (exact) mass is 408 g/mol. The van der Waals surface area contributed by atoms with Crippen molar-refractivity contribution in [1.82, 2.24) is 10.6 Å². The van der Waals surface area contributed by atoms with Crippen LogP contribution in [0.4, 0.5) is 4.39 Å². The molecule has 0 heterocycles. The van der Waals surface area contributed by atoms with E-state index < -0.39 is 23.8 Å². The third-order valence-corrected chi connectivity index (χ3v) is 4.46. The standard InChI is InChI=1S/C23H21FN2O4/c1-29-19-9-5-3-7-17(19)22(27)25-21(15-11-13-16(24)14-12-15)26-23(28)18-8-4-6-10-20(18)30-2/h3-14,21H,1-2H3,(H,25,27)(H,26,28). The Labute approximate surface area is 173 Å². The number of para-hydroxylation sites is 2. The molecule has 0 atom stereocenters. The zero-order chi connectivity index (χ0) is 21.5. The van der Waals surface area contributed by atoms with Crippen LogP contribution in [0.15, 0.2) is 72.8 Å². The summed E-state index contributed by atoms with van der Waals surface area (Å²) in [6, 6.07) is 18.9. The topological polar surface area (TPSA) is 76.7 Å². The molecule has 0 spiro atoms. The molecule has 0 unspecified atom stereocenters. The summed E-state index contributed by atoms with van der Waals surface area (Å²) in [5.74, 6) is -0.554. The van der Waals surface area contributed by atoms with E-state index in [1.165, 1.54) is 38.5 Å². The molecule has 0 saturated heterocycles. The molecular weight excluding hydrogens is 387 g/mol. The molecule has 0 aliphatic heterocycles. The van der Waals surface area contributed by atoms with Gasteiger partial charge in [-0.15, -0.1) is 0 Å². The van der Waals surface area contributed by atoms with Gasteiger partial charge in [-0.05, 0) is 42.0 Å². The largest absolute Gasteiger partial charge is 0.496 e. The first-order chi connectivity index (χ1) is 14.5. The third-order valence-electron chi connectivity index (χ3n) is 4.46. The molecule has 0 bridgehead atoms. The molecule has 2 amide bonds. The van der Waals surface area contributed by atoms with Crippen LogP contribution in [0.25, 0.3) is 0 Å². The van der Waals surface area contributed by atoms with Crippen molar-refractivity contribution in [2.75, 3.05) is 14.2 Å². The molecule has 7 heteroatoms. The van der Waals surface area contributed by atoms with Crippen LogP contribution in [0.1, 0.15) is 32.4 Å². The average molecular weight is 408 g/mol. The Morgan fingerprint density at radius 3 is 1.60 bits per heavy atom. The van der Waals surface area contributed by atoms with Crippen molar-refractivity contribution in [2.45, 2.75) is 6.17 Å². The Kier molecular flexibility index (Phi) is 6.64. The Bertz CT molecular complexity index is 976. The molecule has 3 aromatic rings. The fourth-order valence-electron chi connectivity index (χ4n) is 2.94. The summed E-state index contributed by atoms with van der Waals surface area (Å²) in [7, 11) is 2.93. The fourth-order valence-corrected chi connectivity index (χ4v) is 2.94. The van der Waals surface area contributed by atoms with Gasteiger partial charge in [-0.3, -0.25) is 9.59 Å². The second-order valence-corrected chi connectivity index (χ2v) is 6.33. The normalized spacial score (nSPS) is 10.4. The number of amides is 2. The first-order valence-electron chi connectivity index (χ1n) is 9.16. The van der Waals surface area contributed by atoms with Crippen molar-refractivity contribution in [3.05, 3.63) is 95.3 Å². The molecule has 30 heavy (non-hydrogen) atoms. The first-order valence-corrected chi connectivity index (χ1v) is 9.16. The fraction of sp³-hybridized carbons (Fsp3) is 0.130. The van der Waals surface area contributed by atoms with Crippen LogP contribution >= 0.6 is 0 Å². The van der Waals surface area contributed by atoms with Crippen LogP contribution in [0.2, 0.25) is 0 Å². The van der Waals surface area contributed by atoms with Crippen LogP contribution in [0, 0.1) is 5.82 Å². The minimum atomic E-state index is -0.916. The van der Waals surface area contributed by atoms with Gasteiger partial charge in [0.05, 0.1) is 25.3 Å². The molecule has 6 nitrogen and oxygen atoms in total. The maximum atomic E-state index is 13.4. The Hall–Kier alpha value is -3.87. The molecule has 3 rings (SSSR count). The minimum Gasteiger partial charge on any atom is -0.496 e. The van der Waals surface area contributed by atoms with E-state index in [1.54, 1.807) is 48.5 Å². The van der Waals surface area contributed by atoms with E-state index in [0.29, 0.717) is 28.2 Å². The molecule has 3 aromatic carbocycles. The molecule has 0 aliphatic carbocycles. The van der Waals surface area contributed by atoms with Crippen molar-refractivity contribution >= 4 is 11.8 Å². The number of ether oxygens (including phenoxy) is 2. The first kappa shape index (κ1) is 20.9. The van der Waals surface area contributed by atoms with E-state index >= 15 is 0 Å². The van der Waals surface area contributed by atoms with Gasteiger partial charge in [-0.25, -0.2) is 4.39 Å². The van der Waals surface area contributed by atoms with Crippen molar-refractivity contribution in [1.29, 1.82) is 0 Å². The molecule has 0 aromatic heterocycles. The van der Waals surface area contributed by atoms with Crippen molar-refractivity contribution < 1.29 is 23.5 Å². The summed E-state index contributed by atoms with van der Waals surface area (Å²) in [5, 5.41) is 5.54. The number of methoxy groups -OCH3 is 2. The van der Waals surface area contributed by atoms with Crippen LogP contribution < -0.4 is 20.1 Å². The number of hydrogen-bond donors (Lipinski definition) is 2. The van der Waals surface area contributed by atoms with Crippen molar-refractivity contribution in [3.8, 4) is 11.5 Å². The maximum Gasteiger partial charge on any atom is 0.256 e. The van der Waals surface area contributed by atoms with Crippen molar-refractivity contribution in [2.24, 2.45) is 0 Å². The van der Waals surface area contributed by atoms with E-state index in [2.05, 4.69) is 10.6 Å². The summed E-state index contributed by atoms with van der Waals surface area (Å²) in [6.45, 7) is 0. The number of hydrogen-bond acceptors (Lipinski definition) is 4. The minimum absolute atomic E-state index is 0.304. The van der Waals surface area contributed by atoms with E-state index in [4.69, 9.17) is 9.47 Å². The molecule has 0 radical (unpaired) electrons. The Morgan fingerprint density at radius 2 is 1.17 bits per heavy atom. The number of carbonyl (C=O) groups is 2. The summed E-state index contributed by atoms with van der Waals surface area (Å²) in [5.41, 5.74) is 1.11. The number of benzene rings is 3. The maximum absolute atomic E-state index is 13.4. The van der Waals surface area contributed by atoms with Crippen LogP contribution in [0.3, 0.4) is 0 Å². The lowest BCUT2D eigenvalue weighted by Gasteiger charge is -2.22. The average Bonchev–Trinajstić information content (AvgIpc) is 2.78. The van der Waals surface area contributed by atoms with E-state index in [-0.39, 0.29) is 0 Å². The van der Waals surface area contributed by atoms with Crippen LogP contribution in [0.5, 0.6) is 11.5 Å². The van der Waals surface area contributed by atoms with Crippen LogP contribution in [-0.4, -0.2) is 26.0 Å². The number of rotatable bonds is 7. The Balaban J connectivity index is 1.90. The molecule has 0 saturated carbocycles. The molecule has 0 fully saturated rings. The van der Waals surface area contributed by atoms with Gasteiger partial charge < -0.3 is 20.1 Å². The van der Waals surface area contributed by atoms with Crippen LogP contribution in [-0.2, 0) is 0 Å². The van der Waals surface area contributed by atoms with Crippen molar-refractivity contribution in [3.63, 3.8) is 0 Å². The molecule has 154 valence electrons. The second-order valence-electron chi connectivity index (χ2n) is 6.33. The van der Waals surface area contributed by atoms with Gasteiger partial charge >= 0.3 is 0 Å². The summed E-state index contributed by atoms with van der Waals surface area (Å²) in [6.07, 6.45) is -0.916. The highest BCUT2D eigenvalue weighted by Gasteiger charge is 2.22. The van der Waals surface area contributed by atoms with E-state index in [0.717, 1.165) is 0 Å². The van der Waals surface area contributed by atoms with Gasteiger partial charge in [0.25, 0.3) is 11.8 Å². The lowest BCUT2D eigenvalue weighted by Crippen LogP contribution is -2.41. The summed E-state index contributed by atoms with van der Waals surface area (Å²) >= 11 is 0. The predicted octanol–water partition coefficient (Wildman–Crippen LogP) is 3.70. The van der Waals surface area contributed by atoms with Gasteiger partial charge in [0, 0.05) is 0 Å².